The molecule has 136 valence electrons. The third kappa shape index (κ3) is 4.21. The molecule has 2 fully saturated rings. The molecule has 7 nitrogen and oxygen atoms in total. The molecule has 3 heterocycles. The molecule has 25 heavy (non-hydrogen) atoms. The van der Waals surface area contributed by atoms with E-state index in [1.165, 1.54) is 0 Å². The van der Waals surface area contributed by atoms with Crippen LogP contribution in [-0.2, 0) is 11.3 Å². The highest BCUT2D eigenvalue weighted by Gasteiger charge is 2.42. The molecule has 2 aliphatic rings. The van der Waals surface area contributed by atoms with Gasteiger partial charge in [0.15, 0.2) is 5.96 Å². The van der Waals surface area contributed by atoms with Crippen LogP contribution in [0.2, 0.25) is 0 Å². The van der Waals surface area contributed by atoms with Gasteiger partial charge < -0.3 is 20.3 Å². The Morgan fingerprint density at radius 3 is 3.16 bits per heavy atom. The minimum absolute atomic E-state index is 0.0609. The molecule has 1 unspecified atom stereocenters. The van der Waals surface area contributed by atoms with Crippen molar-refractivity contribution in [2.45, 2.75) is 32.7 Å². The maximum absolute atomic E-state index is 11.7. The number of nitrogens with one attached hydrogen (secondary N) is 2. The molecule has 7 heteroatoms. The molecule has 3 rings (SSSR count). The number of nitrogens with zero attached hydrogens (tertiary/aromatic N) is 3. The number of rotatable bonds is 4. The van der Waals surface area contributed by atoms with Crippen molar-refractivity contribution in [1.29, 1.82) is 0 Å². The zero-order valence-corrected chi connectivity index (χ0v) is 15.0. The zero-order valence-electron chi connectivity index (χ0n) is 15.0. The van der Waals surface area contributed by atoms with Crippen molar-refractivity contribution >= 4 is 11.9 Å². The van der Waals surface area contributed by atoms with Crippen LogP contribution in [0, 0.1) is 5.41 Å². The number of pyridine rings is 1. The highest BCUT2D eigenvalue weighted by Crippen LogP contribution is 2.36. The fourth-order valence-corrected chi connectivity index (χ4v) is 3.68. The molecular formula is C18H27N5O2. The molecule has 1 amide bonds. The lowest BCUT2D eigenvalue weighted by atomic mass is 9.79. The fourth-order valence-electron chi connectivity index (χ4n) is 3.68. The van der Waals surface area contributed by atoms with Crippen LogP contribution in [0.3, 0.4) is 0 Å². The second-order valence-corrected chi connectivity index (χ2v) is 6.86. The largest absolute Gasteiger partial charge is 0.481 e. The van der Waals surface area contributed by atoms with E-state index in [0.717, 1.165) is 50.5 Å². The molecule has 1 aromatic rings. The monoisotopic (exact) mass is 345 g/mol. The summed E-state index contributed by atoms with van der Waals surface area (Å²) in [7, 11) is 1.61. The molecule has 2 N–H and O–H groups in total. The lowest BCUT2D eigenvalue weighted by molar-refractivity contribution is -0.119. The van der Waals surface area contributed by atoms with Crippen molar-refractivity contribution in [2.24, 2.45) is 10.4 Å². The molecule has 0 saturated carbocycles. The average molecular weight is 345 g/mol. The van der Waals surface area contributed by atoms with Gasteiger partial charge in [0, 0.05) is 50.3 Å². The van der Waals surface area contributed by atoms with E-state index in [1.807, 2.05) is 12.1 Å². The van der Waals surface area contributed by atoms with E-state index in [4.69, 9.17) is 9.73 Å². The van der Waals surface area contributed by atoms with Crippen LogP contribution in [0.5, 0.6) is 5.88 Å². The zero-order chi connectivity index (χ0) is 17.7. The van der Waals surface area contributed by atoms with Gasteiger partial charge in [0.25, 0.3) is 0 Å². The first-order valence-corrected chi connectivity index (χ1v) is 8.93. The highest BCUT2D eigenvalue weighted by atomic mass is 16.5. The maximum Gasteiger partial charge on any atom is 0.220 e. The van der Waals surface area contributed by atoms with Gasteiger partial charge in [-0.15, -0.1) is 0 Å². The number of piperidine rings is 1. The Morgan fingerprint density at radius 2 is 2.44 bits per heavy atom. The first-order chi connectivity index (χ1) is 12.1. The summed E-state index contributed by atoms with van der Waals surface area (Å²) in [5, 5.41) is 6.39. The number of aromatic nitrogens is 1. The van der Waals surface area contributed by atoms with Gasteiger partial charge in [-0.3, -0.25) is 4.79 Å². The molecule has 0 radical (unpaired) electrons. The Morgan fingerprint density at radius 1 is 1.56 bits per heavy atom. The van der Waals surface area contributed by atoms with Crippen LogP contribution in [0.4, 0.5) is 0 Å². The van der Waals surface area contributed by atoms with Gasteiger partial charge in [-0.05, 0) is 31.4 Å². The molecule has 1 atom stereocenters. The van der Waals surface area contributed by atoms with E-state index < -0.39 is 0 Å². The minimum Gasteiger partial charge on any atom is -0.481 e. The molecule has 0 aromatic carbocycles. The minimum atomic E-state index is 0.0609. The van der Waals surface area contributed by atoms with Crippen molar-refractivity contribution in [1.82, 2.24) is 20.5 Å². The number of guanidine groups is 1. The van der Waals surface area contributed by atoms with Gasteiger partial charge in [-0.2, -0.15) is 0 Å². The molecule has 2 aliphatic heterocycles. The predicted octanol–water partition coefficient (Wildman–Crippen LogP) is 1.16. The summed E-state index contributed by atoms with van der Waals surface area (Å²) >= 11 is 0. The summed E-state index contributed by atoms with van der Waals surface area (Å²) in [5.74, 6) is 1.69. The Labute approximate surface area is 148 Å². The third-order valence-corrected chi connectivity index (χ3v) is 4.91. The lowest BCUT2D eigenvalue weighted by Gasteiger charge is -2.40. The summed E-state index contributed by atoms with van der Waals surface area (Å²) in [5.41, 5.74) is 1.12. The number of hydrogen-bond acceptors (Lipinski definition) is 4. The topological polar surface area (TPSA) is 78.9 Å². The number of ether oxygens (including phenoxy) is 1. The van der Waals surface area contributed by atoms with Crippen LogP contribution < -0.4 is 15.4 Å². The summed E-state index contributed by atoms with van der Waals surface area (Å²) in [6.45, 7) is 6.09. The lowest BCUT2D eigenvalue weighted by Crippen LogP contribution is -2.51. The smallest absolute Gasteiger partial charge is 0.220 e. The number of carbonyl (C=O) groups excluding carboxylic acids is 1. The molecule has 1 aromatic heterocycles. The van der Waals surface area contributed by atoms with Crippen LogP contribution in [0.25, 0.3) is 0 Å². The number of hydrogen-bond donors (Lipinski definition) is 2. The predicted molar refractivity (Wildman–Crippen MR) is 96.5 cm³/mol. The quantitative estimate of drug-likeness (QED) is 0.632. The Hall–Kier alpha value is -2.31. The Kier molecular flexibility index (Phi) is 5.40. The van der Waals surface area contributed by atoms with E-state index in [-0.39, 0.29) is 11.3 Å². The summed E-state index contributed by atoms with van der Waals surface area (Å²) in [6, 6.07) is 3.86. The normalized spacial score (nSPS) is 23.7. The van der Waals surface area contributed by atoms with Gasteiger partial charge in [0.1, 0.15) is 0 Å². The second-order valence-electron chi connectivity index (χ2n) is 6.86. The molecule has 0 aliphatic carbocycles. The average Bonchev–Trinajstić information content (AvgIpc) is 2.98. The van der Waals surface area contributed by atoms with Gasteiger partial charge in [0.2, 0.25) is 11.8 Å². The van der Waals surface area contributed by atoms with E-state index in [0.29, 0.717) is 18.8 Å². The molecule has 0 bridgehead atoms. The van der Waals surface area contributed by atoms with Crippen molar-refractivity contribution in [3.8, 4) is 5.88 Å². The van der Waals surface area contributed by atoms with Crippen LogP contribution in [0.1, 0.15) is 31.7 Å². The first kappa shape index (κ1) is 17.5. The first-order valence-electron chi connectivity index (χ1n) is 8.93. The van der Waals surface area contributed by atoms with Gasteiger partial charge in [-0.1, -0.05) is 0 Å². The number of aliphatic imine (C=N–C) groups is 1. The molecule has 1 spiro atoms. The van der Waals surface area contributed by atoms with Crippen LogP contribution in [0.15, 0.2) is 23.3 Å². The Bertz CT molecular complexity index is 648. The standard InChI is InChI=1S/C18H27N5O2/c1-3-19-17(21-11-14-5-7-20-16(9-14)25-2)23-8-4-6-18(13-23)10-15(24)22-12-18/h5,7,9H,3-4,6,8,10-13H2,1-2H3,(H,19,21)(H,22,24). The van der Waals surface area contributed by atoms with E-state index in [2.05, 4.69) is 27.4 Å². The van der Waals surface area contributed by atoms with E-state index in [1.54, 1.807) is 13.3 Å². The van der Waals surface area contributed by atoms with Crippen molar-refractivity contribution in [2.75, 3.05) is 33.3 Å². The van der Waals surface area contributed by atoms with E-state index >= 15 is 0 Å². The second kappa shape index (κ2) is 7.72. The van der Waals surface area contributed by atoms with Crippen molar-refractivity contribution in [3.05, 3.63) is 23.9 Å². The van der Waals surface area contributed by atoms with Crippen molar-refractivity contribution < 1.29 is 9.53 Å². The number of methoxy groups -OCH3 is 1. The van der Waals surface area contributed by atoms with Crippen LogP contribution >= 0.6 is 0 Å². The number of likely N-dealkylation sites (tertiary alicyclic amines) is 1. The summed E-state index contributed by atoms with van der Waals surface area (Å²) in [6.07, 6.45) is 4.55. The Balaban J connectivity index is 1.72. The molecular weight excluding hydrogens is 318 g/mol. The number of carbonyl (C=O) groups is 1. The van der Waals surface area contributed by atoms with Crippen LogP contribution in [-0.4, -0.2) is 55.0 Å². The number of amides is 1. The van der Waals surface area contributed by atoms with Gasteiger partial charge in [0.05, 0.1) is 13.7 Å². The highest BCUT2D eigenvalue weighted by molar-refractivity contribution is 5.81. The summed E-state index contributed by atoms with van der Waals surface area (Å²) < 4.78 is 5.17. The van der Waals surface area contributed by atoms with Gasteiger partial charge >= 0.3 is 0 Å². The third-order valence-electron chi connectivity index (χ3n) is 4.91. The summed E-state index contributed by atoms with van der Waals surface area (Å²) in [4.78, 5) is 22.9. The van der Waals surface area contributed by atoms with Crippen molar-refractivity contribution in [3.63, 3.8) is 0 Å². The maximum atomic E-state index is 11.7. The van der Waals surface area contributed by atoms with Gasteiger partial charge in [-0.25, -0.2) is 9.98 Å². The fraction of sp³-hybridized carbons (Fsp3) is 0.611. The molecule has 2 saturated heterocycles. The SMILES string of the molecule is CCNC(=NCc1ccnc(OC)c1)N1CCCC2(CNC(=O)C2)C1. The van der Waals surface area contributed by atoms with E-state index in [9.17, 15) is 4.79 Å².